The number of rotatable bonds is 4. The van der Waals surface area contributed by atoms with Gasteiger partial charge in [-0.15, -0.1) is 0 Å². The van der Waals surface area contributed by atoms with Gasteiger partial charge < -0.3 is 10.1 Å². The number of nitrogens with one attached hydrogen (secondary N) is 2. The summed E-state index contributed by atoms with van der Waals surface area (Å²) in [6.45, 7) is 1.57. The molecule has 5 nitrogen and oxygen atoms in total. The number of sulfonamides is 1. The minimum absolute atomic E-state index is 0.0958. The minimum Gasteiger partial charge on any atom is -0.495 e. The Morgan fingerprint density at radius 3 is 2.85 bits per heavy atom. The first-order valence-electron chi connectivity index (χ1n) is 6.20. The fraction of sp³-hybridized carbons (Fsp3) is 0.500. The third-order valence-corrected chi connectivity index (χ3v) is 5.89. The Balaban J connectivity index is 2.26. The normalized spacial score (nSPS) is 19.9. The molecule has 1 aromatic rings. The molecule has 1 aromatic carbocycles. The van der Waals surface area contributed by atoms with Crippen molar-refractivity contribution in [3.8, 4) is 5.75 Å². The zero-order valence-electron chi connectivity index (χ0n) is 10.9. The van der Waals surface area contributed by atoms with Gasteiger partial charge in [0.25, 0.3) is 0 Å². The van der Waals surface area contributed by atoms with Crippen molar-refractivity contribution in [2.24, 2.45) is 0 Å². The molecule has 1 aliphatic heterocycles. The number of methoxy groups -OCH3 is 1. The molecule has 0 spiro atoms. The second-order valence-corrected chi connectivity index (χ2v) is 7.53. The summed E-state index contributed by atoms with van der Waals surface area (Å²) in [4.78, 5) is 0.119. The SMILES string of the molecule is COc1cc(Br)c(S(=O)(=O)N[C@@H]2CCCNC2)cc1Cl. The molecule has 1 aliphatic rings. The van der Waals surface area contributed by atoms with Crippen molar-refractivity contribution in [1.82, 2.24) is 10.0 Å². The molecule has 0 bridgehead atoms. The highest BCUT2D eigenvalue weighted by Gasteiger charge is 2.24. The Labute approximate surface area is 132 Å². The third kappa shape index (κ3) is 3.65. The summed E-state index contributed by atoms with van der Waals surface area (Å²) in [6.07, 6.45) is 1.78. The second kappa shape index (κ2) is 6.62. The summed E-state index contributed by atoms with van der Waals surface area (Å²) < 4.78 is 33.0. The number of ether oxygens (including phenoxy) is 1. The molecule has 1 fully saturated rings. The molecule has 1 atom stereocenters. The van der Waals surface area contributed by atoms with Crippen molar-refractivity contribution in [1.29, 1.82) is 0 Å². The number of hydrogen-bond donors (Lipinski definition) is 2. The summed E-state index contributed by atoms with van der Waals surface area (Å²) in [7, 11) is -2.13. The van der Waals surface area contributed by atoms with Gasteiger partial charge in [-0.3, -0.25) is 0 Å². The van der Waals surface area contributed by atoms with E-state index in [0.717, 1.165) is 19.4 Å². The van der Waals surface area contributed by atoms with Gasteiger partial charge >= 0.3 is 0 Å². The molecule has 1 saturated heterocycles. The number of halogens is 2. The van der Waals surface area contributed by atoms with Crippen LogP contribution in [0.5, 0.6) is 5.75 Å². The molecular weight excluding hydrogens is 368 g/mol. The Morgan fingerprint density at radius 1 is 1.50 bits per heavy atom. The van der Waals surface area contributed by atoms with E-state index in [9.17, 15) is 8.42 Å². The van der Waals surface area contributed by atoms with Crippen LogP contribution in [0.4, 0.5) is 0 Å². The standard InChI is InChI=1S/C12H16BrClN2O3S/c1-19-11-5-9(13)12(6-10(11)14)20(17,18)16-8-3-2-4-15-7-8/h5-6,8,15-16H,2-4,7H2,1H3/t8-/m1/s1. The monoisotopic (exact) mass is 382 g/mol. The van der Waals surface area contributed by atoms with E-state index >= 15 is 0 Å². The third-order valence-electron chi connectivity index (χ3n) is 3.11. The van der Waals surface area contributed by atoms with Gasteiger partial charge in [0.1, 0.15) is 5.75 Å². The van der Waals surface area contributed by atoms with E-state index in [1.807, 2.05) is 0 Å². The molecule has 0 unspecified atom stereocenters. The van der Waals surface area contributed by atoms with Gasteiger partial charge in [-0.05, 0) is 47.4 Å². The molecule has 0 saturated carbocycles. The van der Waals surface area contributed by atoms with Crippen LogP contribution in [0.1, 0.15) is 12.8 Å². The maximum absolute atomic E-state index is 12.4. The highest BCUT2D eigenvalue weighted by atomic mass is 79.9. The summed E-state index contributed by atoms with van der Waals surface area (Å²) in [5, 5.41) is 3.43. The number of piperidine rings is 1. The van der Waals surface area contributed by atoms with Crippen molar-refractivity contribution in [3.63, 3.8) is 0 Å². The molecular formula is C12H16BrClN2O3S. The van der Waals surface area contributed by atoms with Gasteiger partial charge in [-0.25, -0.2) is 13.1 Å². The topological polar surface area (TPSA) is 67.4 Å². The molecule has 8 heteroatoms. The molecule has 0 radical (unpaired) electrons. The first-order valence-corrected chi connectivity index (χ1v) is 8.85. The lowest BCUT2D eigenvalue weighted by Crippen LogP contribution is -2.45. The molecule has 0 aromatic heterocycles. The number of benzene rings is 1. The van der Waals surface area contributed by atoms with Crippen molar-refractivity contribution in [2.75, 3.05) is 20.2 Å². The average Bonchev–Trinajstić information content (AvgIpc) is 2.41. The summed E-state index contributed by atoms with van der Waals surface area (Å²) in [5.74, 6) is 0.428. The smallest absolute Gasteiger partial charge is 0.242 e. The average molecular weight is 384 g/mol. The van der Waals surface area contributed by atoms with E-state index in [2.05, 4.69) is 26.0 Å². The predicted molar refractivity (Wildman–Crippen MR) is 81.9 cm³/mol. The summed E-state index contributed by atoms with van der Waals surface area (Å²) >= 11 is 9.25. The first-order chi connectivity index (χ1) is 9.44. The van der Waals surface area contributed by atoms with E-state index in [1.54, 1.807) is 6.07 Å². The van der Waals surface area contributed by atoms with Crippen molar-refractivity contribution < 1.29 is 13.2 Å². The largest absolute Gasteiger partial charge is 0.495 e. The lowest BCUT2D eigenvalue weighted by molar-refractivity contribution is 0.414. The van der Waals surface area contributed by atoms with E-state index < -0.39 is 10.0 Å². The molecule has 0 amide bonds. The van der Waals surface area contributed by atoms with Gasteiger partial charge in [-0.2, -0.15) is 0 Å². The van der Waals surface area contributed by atoms with Crippen LogP contribution in [0.3, 0.4) is 0 Å². The van der Waals surface area contributed by atoms with Crippen LogP contribution in [0.25, 0.3) is 0 Å². The van der Waals surface area contributed by atoms with Crippen LogP contribution in [0.2, 0.25) is 5.02 Å². The highest BCUT2D eigenvalue weighted by molar-refractivity contribution is 9.10. The molecule has 2 N–H and O–H groups in total. The lowest BCUT2D eigenvalue weighted by atomic mass is 10.1. The first kappa shape index (κ1) is 16.0. The van der Waals surface area contributed by atoms with Crippen LogP contribution in [-0.4, -0.2) is 34.7 Å². The summed E-state index contributed by atoms with van der Waals surface area (Å²) in [6, 6.07) is 2.85. The lowest BCUT2D eigenvalue weighted by Gasteiger charge is -2.24. The number of hydrogen-bond acceptors (Lipinski definition) is 4. The van der Waals surface area contributed by atoms with Gasteiger partial charge in [0, 0.05) is 17.1 Å². The zero-order chi connectivity index (χ0) is 14.8. The van der Waals surface area contributed by atoms with Gasteiger partial charge in [-0.1, -0.05) is 11.6 Å². The predicted octanol–water partition coefficient (Wildman–Crippen LogP) is 2.14. The van der Waals surface area contributed by atoms with Gasteiger partial charge in [0.15, 0.2) is 0 Å². The van der Waals surface area contributed by atoms with Crippen LogP contribution >= 0.6 is 27.5 Å². The Hall–Kier alpha value is -0.340. The van der Waals surface area contributed by atoms with Gasteiger partial charge in [0.2, 0.25) is 10.0 Å². The Bertz CT molecular complexity index is 589. The van der Waals surface area contributed by atoms with Crippen LogP contribution in [-0.2, 0) is 10.0 Å². The quantitative estimate of drug-likeness (QED) is 0.836. The van der Waals surface area contributed by atoms with Crippen LogP contribution in [0, 0.1) is 0 Å². The molecule has 0 aliphatic carbocycles. The fourth-order valence-corrected chi connectivity index (χ4v) is 4.73. The van der Waals surface area contributed by atoms with E-state index in [0.29, 0.717) is 16.8 Å². The van der Waals surface area contributed by atoms with Crippen molar-refractivity contribution in [3.05, 3.63) is 21.6 Å². The molecule has 2 rings (SSSR count). The fourth-order valence-electron chi connectivity index (χ4n) is 2.11. The van der Waals surface area contributed by atoms with Crippen LogP contribution in [0.15, 0.2) is 21.5 Å². The Morgan fingerprint density at radius 2 is 2.25 bits per heavy atom. The summed E-state index contributed by atoms with van der Waals surface area (Å²) in [5.41, 5.74) is 0. The van der Waals surface area contributed by atoms with Gasteiger partial charge in [0.05, 0.1) is 17.0 Å². The van der Waals surface area contributed by atoms with Crippen molar-refractivity contribution in [2.45, 2.75) is 23.8 Å². The maximum atomic E-state index is 12.4. The van der Waals surface area contributed by atoms with E-state index in [1.165, 1.54) is 13.2 Å². The molecule has 112 valence electrons. The van der Waals surface area contributed by atoms with E-state index in [-0.39, 0.29) is 16.0 Å². The Kier molecular flexibility index (Phi) is 5.30. The molecule has 20 heavy (non-hydrogen) atoms. The van der Waals surface area contributed by atoms with Crippen LogP contribution < -0.4 is 14.8 Å². The second-order valence-electron chi connectivity index (χ2n) is 4.58. The van der Waals surface area contributed by atoms with E-state index in [4.69, 9.17) is 16.3 Å². The van der Waals surface area contributed by atoms with Crippen molar-refractivity contribution >= 4 is 37.6 Å². The minimum atomic E-state index is -3.61. The maximum Gasteiger partial charge on any atom is 0.242 e. The molecule has 1 heterocycles. The highest BCUT2D eigenvalue weighted by Crippen LogP contribution is 2.33. The zero-order valence-corrected chi connectivity index (χ0v) is 14.1.